The molecule has 2 rings (SSSR count). The Labute approximate surface area is 82.4 Å². The van der Waals surface area contributed by atoms with E-state index in [4.69, 9.17) is 0 Å². The summed E-state index contributed by atoms with van der Waals surface area (Å²) in [6, 6.07) is 4.23. The molecule has 0 bridgehead atoms. The lowest BCUT2D eigenvalue weighted by molar-refractivity contribution is 0.881. The van der Waals surface area contributed by atoms with Crippen LogP contribution in [0.3, 0.4) is 0 Å². The second-order valence-corrected chi connectivity index (χ2v) is 3.49. The lowest BCUT2D eigenvalue weighted by Crippen LogP contribution is -1.90. The summed E-state index contributed by atoms with van der Waals surface area (Å²) in [5.74, 6) is 0.658. The molecule has 4 nitrogen and oxygen atoms in total. The fourth-order valence-electron chi connectivity index (χ4n) is 1.48. The summed E-state index contributed by atoms with van der Waals surface area (Å²) < 4.78 is 0. The minimum Gasteiger partial charge on any atom is -0.177 e. The van der Waals surface area contributed by atoms with E-state index in [-0.39, 0.29) is 0 Å². The first-order chi connectivity index (χ1) is 6.68. The van der Waals surface area contributed by atoms with Gasteiger partial charge in [-0.15, -0.1) is 10.2 Å². The molecule has 2 aromatic rings. The fraction of sp³-hybridized carbons (Fsp3) is 0.300. The number of aromatic nitrogens is 4. The average Bonchev–Trinajstić information content (AvgIpc) is 2.64. The number of hydrogen-bond acceptors (Lipinski definition) is 3. The molecule has 0 saturated carbocycles. The number of benzene rings is 1. The molecule has 0 aliphatic carbocycles. The number of nitrogens with zero attached hydrogens (tertiary/aromatic N) is 3. The van der Waals surface area contributed by atoms with Gasteiger partial charge in [-0.1, -0.05) is 6.07 Å². The van der Waals surface area contributed by atoms with Gasteiger partial charge in [0.2, 0.25) is 5.82 Å². The zero-order valence-corrected chi connectivity index (χ0v) is 8.50. The van der Waals surface area contributed by atoms with Gasteiger partial charge in [0.1, 0.15) is 0 Å². The summed E-state index contributed by atoms with van der Waals surface area (Å²) in [5.41, 5.74) is 4.75. The fourth-order valence-corrected chi connectivity index (χ4v) is 1.48. The van der Waals surface area contributed by atoms with Gasteiger partial charge in [-0.05, 0) is 48.7 Å². The van der Waals surface area contributed by atoms with Gasteiger partial charge >= 0.3 is 0 Å². The van der Waals surface area contributed by atoms with Crippen molar-refractivity contribution in [2.75, 3.05) is 0 Å². The van der Waals surface area contributed by atoms with Crippen LogP contribution in [0.2, 0.25) is 0 Å². The minimum atomic E-state index is 0.658. The van der Waals surface area contributed by atoms with Crippen molar-refractivity contribution in [3.63, 3.8) is 0 Å². The molecular formula is C10H12N4. The zero-order chi connectivity index (χ0) is 10.1. The van der Waals surface area contributed by atoms with Crippen LogP contribution in [0.4, 0.5) is 0 Å². The highest BCUT2D eigenvalue weighted by Gasteiger charge is 2.07. The first-order valence-corrected chi connectivity index (χ1v) is 4.50. The number of aryl methyl sites for hydroxylation is 3. The van der Waals surface area contributed by atoms with Gasteiger partial charge in [0.25, 0.3) is 0 Å². The van der Waals surface area contributed by atoms with Crippen LogP contribution in [0.1, 0.15) is 16.7 Å². The van der Waals surface area contributed by atoms with Gasteiger partial charge in [0, 0.05) is 5.56 Å². The maximum atomic E-state index is 3.97. The smallest absolute Gasteiger partial charge is 0.177 e. The van der Waals surface area contributed by atoms with E-state index in [2.05, 4.69) is 53.5 Å². The Morgan fingerprint density at radius 2 is 1.71 bits per heavy atom. The lowest BCUT2D eigenvalue weighted by Gasteiger charge is -2.05. The highest BCUT2D eigenvalue weighted by molar-refractivity contribution is 5.61. The third kappa shape index (κ3) is 1.39. The minimum absolute atomic E-state index is 0.658. The van der Waals surface area contributed by atoms with Crippen LogP contribution in [0, 0.1) is 20.8 Å². The van der Waals surface area contributed by atoms with E-state index in [1.54, 1.807) is 0 Å². The standard InChI is InChI=1S/C10H12N4/c1-6-4-8(3)9(5-7(6)2)10-11-13-14-12-10/h4-5H,1-3H3,(H,11,12,13,14). The topological polar surface area (TPSA) is 54.5 Å². The van der Waals surface area contributed by atoms with Crippen LogP contribution < -0.4 is 0 Å². The molecule has 0 unspecified atom stereocenters. The van der Waals surface area contributed by atoms with Crippen molar-refractivity contribution in [2.45, 2.75) is 20.8 Å². The Balaban J connectivity index is 2.60. The van der Waals surface area contributed by atoms with Gasteiger partial charge in [-0.2, -0.15) is 5.21 Å². The van der Waals surface area contributed by atoms with Crippen molar-refractivity contribution in [1.29, 1.82) is 0 Å². The summed E-state index contributed by atoms with van der Waals surface area (Å²) in [6.45, 7) is 6.23. The third-order valence-electron chi connectivity index (χ3n) is 2.43. The highest BCUT2D eigenvalue weighted by atomic mass is 15.5. The quantitative estimate of drug-likeness (QED) is 0.742. The molecule has 0 amide bonds. The van der Waals surface area contributed by atoms with Crippen molar-refractivity contribution in [1.82, 2.24) is 20.6 Å². The molecule has 0 aliphatic heterocycles. The van der Waals surface area contributed by atoms with E-state index >= 15 is 0 Å². The summed E-state index contributed by atoms with van der Waals surface area (Å²) in [6.07, 6.45) is 0. The van der Waals surface area contributed by atoms with Crippen LogP contribution >= 0.6 is 0 Å². The van der Waals surface area contributed by atoms with E-state index in [0.29, 0.717) is 5.82 Å². The SMILES string of the molecule is Cc1cc(C)c(-c2nn[nH]n2)cc1C. The zero-order valence-electron chi connectivity index (χ0n) is 8.50. The first kappa shape index (κ1) is 8.87. The number of nitrogens with one attached hydrogen (secondary N) is 1. The van der Waals surface area contributed by atoms with E-state index in [0.717, 1.165) is 5.56 Å². The Bertz CT molecular complexity index is 445. The van der Waals surface area contributed by atoms with Crippen LogP contribution in [0.5, 0.6) is 0 Å². The Hall–Kier alpha value is -1.71. The number of rotatable bonds is 1. The van der Waals surface area contributed by atoms with Gasteiger partial charge in [0.05, 0.1) is 0 Å². The predicted octanol–water partition coefficient (Wildman–Crippen LogP) is 1.79. The van der Waals surface area contributed by atoms with Crippen LogP contribution in [-0.4, -0.2) is 20.6 Å². The maximum Gasteiger partial charge on any atom is 0.204 e. The Morgan fingerprint density at radius 1 is 1.00 bits per heavy atom. The summed E-state index contributed by atoms with van der Waals surface area (Å²) in [7, 11) is 0. The number of hydrogen-bond donors (Lipinski definition) is 1. The average molecular weight is 188 g/mol. The molecule has 0 radical (unpaired) electrons. The highest BCUT2D eigenvalue weighted by Crippen LogP contribution is 2.22. The Morgan fingerprint density at radius 3 is 2.36 bits per heavy atom. The summed E-state index contributed by atoms with van der Waals surface area (Å²) in [5, 5.41) is 14.0. The molecule has 4 heteroatoms. The summed E-state index contributed by atoms with van der Waals surface area (Å²) in [4.78, 5) is 0. The number of tetrazole rings is 1. The molecule has 72 valence electrons. The van der Waals surface area contributed by atoms with E-state index in [1.807, 2.05) is 0 Å². The predicted molar refractivity (Wildman–Crippen MR) is 53.8 cm³/mol. The Kier molecular flexibility index (Phi) is 2.04. The van der Waals surface area contributed by atoms with Gasteiger partial charge < -0.3 is 0 Å². The largest absolute Gasteiger partial charge is 0.204 e. The molecule has 1 aromatic carbocycles. The van der Waals surface area contributed by atoms with Crippen LogP contribution in [0.25, 0.3) is 11.4 Å². The van der Waals surface area contributed by atoms with Crippen molar-refractivity contribution in [3.8, 4) is 11.4 Å². The molecule has 0 atom stereocenters. The molecule has 1 heterocycles. The molecule has 0 saturated heterocycles. The third-order valence-corrected chi connectivity index (χ3v) is 2.43. The monoisotopic (exact) mass is 188 g/mol. The van der Waals surface area contributed by atoms with Crippen molar-refractivity contribution < 1.29 is 0 Å². The van der Waals surface area contributed by atoms with Gasteiger partial charge in [-0.3, -0.25) is 0 Å². The first-order valence-electron chi connectivity index (χ1n) is 4.50. The van der Waals surface area contributed by atoms with Gasteiger partial charge in [-0.25, -0.2) is 0 Å². The molecule has 0 fully saturated rings. The second kappa shape index (κ2) is 3.21. The van der Waals surface area contributed by atoms with Crippen molar-refractivity contribution in [2.24, 2.45) is 0 Å². The molecular weight excluding hydrogens is 176 g/mol. The molecule has 0 aliphatic rings. The normalized spacial score (nSPS) is 10.5. The molecule has 1 aromatic heterocycles. The second-order valence-electron chi connectivity index (χ2n) is 3.49. The van der Waals surface area contributed by atoms with Crippen molar-refractivity contribution >= 4 is 0 Å². The summed E-state index contributed by atoms with van der Waals surface area (Å²) >= 11 is 0. The number of H-pyrrole nitrogens is 1. The maximum absolute atomic E-state index is 3.97. The van der Waals surface area contributed by atoms with E-state index < -0.39 is 0 Å². The van der Waals surface area contributed by atoms with Crippen LogP contribution in [-0.2, 0) is 0 Å². The van der Waals surface area contributed by atoms with E-state index in [9.17, 15) is 0 Å². The number of aromatic amines is 1. The molecule has 0 spiro atoms. The van der Waals surface area contributed by atoms with Crippen molar-refractivity contribution in [3.05, 3.63) is 28.8 Å². The molecule has 14 heavy (non-hydrogen) atoms. The van der Waals surface area contributed by atoms with Gasteiger partial charge in [0.15, 0.2) is 0 Å². The molecule has 1 N–H and O–H groups in total. The van der Waals surface area contributed by atoms with Crippen LogP contribution in [0.15, 0.2) is 12.1 Å². The lowest BCUT2D eigenvalue weighted by atomic mass is 10.0. The van der Waals surface area contributed by atoms with E-state index in [1.165, 1.54) is 16.7 Å².